The minimum absolute atomic E-state index is 0.0957. The number of barbiturate groups is 1. The normalized spacial score (nSPS) is 17.3. The van der Waals surface area contributed by atoms with Gasteiger partial charge in [0.25, 0.3) is 11.8 Å². The second-order valence-electron chi connectivity index (χ2n) is 5.98. The largest absolute Gasteiger partial charge is 0.377 e. The van der Waals surface area contributed by atoms with Crippen LogP contribution in [0.2, 0.25) is 0 Å². The second-order valence-corrected chi connectivity index (χ2v) is 5.98. The van der Waals surface area contributed by atoms with Crippen LogP contribution in [0.4, 0.5) is 4.79 Å². The molecule has 0 spiro atoms. The first-order valence-corrected chi connectivity index (χ1v) is 8.93. The summed E-state index contributed by atoms with van der Waals surface area (Å²) < 4.78 is 5.55. The van der Waals surface area contributed by atoms with Gasteiger partial charge < -0.3 is 4.74 Å². The molecule has 1 aliphatic heterocycles. The molecule has 6 nitrogen and oxygen atoms in total. The number of allylic oxidation sites excluding steroid dienone is 5. The number of likely N-dealkylation sites (N-methyl/N-ethyl adjacent to an activating group) is 1. The predicted molar refractivity (Wildman–Crippen MR) is 101 cm³/mol. The van der Waals surface area contributed by atoms with E-state index in [-0.39, 0.29) is 5.57 Å². The summed E-state index contributed by atoms with van der Waals surface area (Å²) in [5.74, 6) is -1.34. The van der Waals surface area contributed by atoms with Crippen molar-refractivity contribution in [2.45, 2.75) is 39.0 Å². The molecule has 26 heavy (non-hydrogen) atoms. The highest BCUT2D eigenvalue weighted by atomic mass is 16.5. The van der Waals surface area contributed by atoms with Gasteiger partial charge in [-0.2, -0.15) is 0 Å². The molecule has 1 saturated heterocycles. The average molecular weight is 360 g/mol. The predicted octanol–water partition coefficient (Wildman–Crippen LogP) is 3.28. The third-order valence-electron chi connectivity index (χ3n) is 3.84. The number of hydrogen-bond donors (Lipinski definition) is 1. The third kappa shape index (κ3) is 7.19. The zero-order chi connectivity index (χ0) is 19.4. The molecule has 142 valence electrons. The number of amides is 4. The Bertz CT molecular complexity index is 617. The van der Waals surface area contributed by atoms with E-state index in [0.29, 0.717) is 18.8 Å². The Hall–Kier alpha value is -2.47. The summed E-state index contributed by atoms with van der Waals surface area (Å²) in [6, 6.07) is -0.728. The topological polar surface area (TPSA) is 75.7 Å². The lowest BCUT2D eigenvalue weighted by molar-refractivity contribution is -0.129. The van der Waals surface area contributed by atoms with Crippen LogP contribution in [0.5, 0.6) is 0 Å². The highest BCUT2D eigenvalue weighted by molar-refractivity contribution is 6.28. The lowest BCUT2D eigenvalue weighted by Crippen LogP contribution is -2.52. The first kappa shape index (κ1) is 21.6. The maximum absolute atomic E-state index is 12.1. The van der Waals surface area contributed by atoms with Crippen molar-refractivity contribution >= 4 is 17.8 Å². The number of nitrogens with one attached hydrogen (secondary N) is 1. The van der Waals surface area contributed by atoms with Crippen LogP contribution in [-0.2, 0) is 14.3 Å². The van der Waals surface area contributed by atoms with Gasteiger partial charge in [0.05, 0.1) is 6.61 Å². The Morgan fingerprint density at radius 2 is 1.92 bits per heavy atom. The lowest BCUT2D eigenvalue weighted by Gasteiger charge is -2.22. The van der Waals surface area contributed by atoms with Gasteiger partial charge in [0, 0.05) is 13.7 Å². The summed E-state index contributed by atoms with van der Waals surface area (Å²) >= 11 is 0. The van der Waals surface area contributed by atoms with Crippen LogP contribution in [0.3, 0.4) is 0 Å². The number of imide groups is 2. The van der Waals surface area contributed by atoms with Crippen molar-refractivity contribution in [3.05, 3.63) is 48.1 Å². The SMILES string of the molecule is C=CC=C(C=CCOCCCCCCC)C=C1C(=O)NC(=O)N(C)C1=O. The van der Waals surface area contributed by atoms with Gasteiger partial charge in [-0.05, 0) is 18.1 Å². The van der Waals surface area contributed by atoms with Crippen LogP contribution in [0.1, 0.15) is 39.0 Å². The fourth-order valence-corrected chi connectivity index (χ4v) is 2.34. The van der Waals surface area contributed by atoms with Gasteiger partial charge in [0.15, 0.2) is 0 Å². The molecule has 0 atom stereocenters. The Kier molecular flexibility index (Phi) is 9.94. The quantitative estimate of drug-likeness (QED) is 0.265. The van der Waals surface area contributed by atoms with Crippen molar-refractivity contribution in [2.75, 3.05) is 20.3 Å². The molecule has 6 heteroatoms. The molecule has 0 radical (unpaired) electrons. The highest BCUT2D eigenvalue weighted by Gasteiger charge is 2.32. The van der Waals surface area contributed by atoms with Crippen LogP contribution >= 0.6 is 0 Å². The second kappa shape index (κ2) is 12.0. The molecule has 0 aromatic heterocycles. The third-order valence-corrected chi connectivity index (χ3v) is 3.84. The van der Waals surface area contributed by atoms with E-state index in [0.717, 1.165) is 11.3 Å². The smallest absolute Gasteiger partial charge is 0.331 e. The number of hydrogen-bond acceptors (Lipinski definition) is 4. The van der Waals surface area contributed by atoms with Crippen molar-refractivity contribution in [3.63, 3.8) is 0 Å². The van der Waals surface area contributed by atoms with Crippen molar-refractivity contribution in [2.24, 2.45) is 0 Å². The van der Waals surface area contributed by atoms with Gasteiger partial charge in [-0.25, -0.2) is 4.79 Å². The van der Waals surface area contributed by atoms with Gasteiger partial charge in [0.1, 0.15) is 5.57 Å². The lowest BCUT2D eigenvalue weighted by atomic mass is 10.1. The monoisotopic (exact) mass is 360 g/mol. The molecule has 1 fully saturated rings. The molecule has 0 bridgehead atoms. The summed E-state index contributed by atoms with van der Waals surface area (Å²) in [6.07, 6.45) is 14.2. The Morgan fingerprint density at radius 1 is 1.19 bits per heavy atom. The number of unbranched alkanes of at least 4 members (excludes halogenated alkanes) is 4. The molecule has 0 aliphatic carbocycles. The maximum Gasteiger partial charge on any atom is 0.331 e. The minimum atomic E-state index is -0.728. The van der Waals surface area contributed by atoms with Gasteiger partial charge in [0.2, 0.25) is 0 Å². The van der Waals surface area contributed by atoms with Gasteiger partial charge >= 0.3 is 6.03 Å². The fraction of sp³-hybridized carbons (Fsp3) is 0.450. The van der Waals surface area contributed by atoms with E-state index in [1.165, 1.54) is 38.8 Å². The van der Waals surface area contributed by atoms with E-state index < -0.39 is 17.8 Å². The van der Waals surface area contributed by atoms with Crippen molar-refractivity contribution in [1.82, 2.24) is 10.2 Å². The first-order valence-electron chi connectivity index (χ1n) is 8.93. The van der Waals surface area contributed by atoms with Gasteiger partial charge in [-0.1, -0.05) is 63.5 Å². The summed E-state index contributed by atoms with van der Waals surface area (Å²) in [5.41, 5.74) is 0.523. The van der Waals surface area contributed by atoms with Gasteiger partial charge in [-0.15, -0.1) is 0 Å². The molecule has 1 aliphatic rings. The zero-order valence-electron chi connectivity index (χ0n) is 15.6. The summed E-state index contributed by atoms with van der Waals surface area (Å²) in [6.45, 7) is 6.98. The Balaban J connectivity index is 2.57. The molecule has 0 saturated carbocycles. The van der Waals surface area contributed by atoms with Crippen molar-refractivity contribution in [3.8, 4) is 0 Å². The number of carbonyl (C=O) groups is 3. The highest BCUT2D eigenvalue weighted by Crippen LogP contribution is 2.12. The van der Waals surface area contributed by atoms with Crippen LogP contribution in [0.15, 0.2) is 48.1 Å². The van der Waals surface area contributed by atoms with Crippen molar-refractivity contribution < 1.29 is 19.1 Å². The molecular formula is C20H28N2O4. The van der Waals surface area contributed by atoms with Crippen LogP contribution in [-0.4, -0.2) is 43.0 Å². The Labute approximate surface area is 155 Å². The van der Waals surface area contributed by atoms with E-state index in [1.54, 1.807) is 18.2 Å². The Morgan fingerprint density at radius 3 is 2.62 bits per heavy atom. The fourth-order valence-electron chi connectivity index (χ4n) is 2.34. The van der Waals surface area contributed by atoms with Crippen molar-refractivity contribution in [1.29, 1.82) is 0 Å². The number of nitrogens with zero attached hydrogens (tertiary/aromatic N) is 1. The van der Waals surface area contributed by atoms with E-state index in [1.807, 2.05) is 6.08 Å². The zero-order valence-corrected chi connectivity index (χ0v) is 15.6. The number of urea groups is 1. The summed E-state index contributed by atoms with van der Waals surface area (Å²) in [7, 11) is 1.32. The van der Waals surface area contributed by atoms with E-state index in [2.05, 4.69) is 18.8 Å². The average Bonchev–Trinajstić information content (AvgIpc) is 2.62. The van der Waals surface area contributed by atoms with Crippen LogP contribution in [0.25, 0.3) is 0 Å². The number of ether oxygens (including phenoxy) is 1. The summed E-state index contributed by atoms with van der Waals surface area (Å²) in [4.78, 5) is 36.2. The molecule has 4 amide bonds. The van der Waals surface area contributed by atoms with Gasteiger partial charge in [-0.3, -0.25) is 19.8 Å². The van der Waals surface area contributed by atoms with Crippen LogP contribution < -0.4 is 5.32 Å². The molecular weight excluding hydrogens is 332 g/mol. The van der Waals surface area contributed by atoms with Crippen LogP contribution in [0, 0.1) is 0 Å². The molecule has 1 heterocycles. The number of rotatable bonds is 11. The first-order chi connectivity index (χ1) is 12.5. The maximum atomic E-state index is 12.1. The minimum Gasteiger partial charge on any atom is -0.377 e. The molecule has 0 aromatic carbocycles. The number of carbonyl (C=O) groups excluding carboxylic acids is 3. The standard InChI is InChI=1S/C20H28N2O4/c1-4-6-7-8-9-13-26-14-10-12-16(11-5-2)15-17-18(23)21-20(25)22(3)19(17)24/h5,10-12,15H,2,4,6-9,13-14H2,1,3H3,(H,21,23,25). The van der Waals surface area contributed by atoms with E-state index in [9.17, 15) is 14.4 Å². The molecule has 0 unspecified atom stereocenters. The molecule has 1 N–H and O–H groups in total. The van der Waals surface area contributed by atoms with E-state index in [4.69, 9.17) is 4.74 Å². The summed E-state index contributed by atoms with van der Waals surface area (Å²) in [5, 5.41) is 2.12. The molecule has 1 rings (SSSR count). The molecule has 0 aromatic rings. The van der Waals surface area contributed by atoms with E-state index >= 15 is 0 Å².